The summed E-state index contributed by atoms with van der Waals surface area (Å²) in [5.74, 6) is -0.427. The van der Waals surface area contributed by atoms with Gasteiger partial charge in [0.05, 0.1) is 0 Å². The summed E-state index contributed by atoms with van der Waals surface area (Å²) in [6, 6.07) is 0. The van der Waals surface area contributed by atoms with E-state index in [9.17, 15) is 4.79 Å². The Balaban J connectivity index is 1.81. The molecule has 3 unspecified atom stereocenters. The number of ether oxygens (including phenoxy) is 3. The Morgan fingerprint density at radius 3 is 2.64 bits per heavy atom. The van der Waals surface area contributed by atoms with Crippen LogP contribution in [0, 0.1) is 0 Å². The average Bonchev–Trinajstić information content (AvgIpc) is 2.55. The predicted octanol–water partition coefficient (Wildman–Crippen LogP) is 0.187. The first-order valence-corrected chi connectivity index (χ1v) is 3.36. The molecule has 60 valence electrons. The van der Waals surface area contributed by atoms with Crippen molar-refractivity contribution in [3.63, 3.8) is 0 Å². The molecule has 2 fully saturated rings. The van der Waals surface area contributed by atoms with Crippen molar-refractivity contribution in [3.05, 3.63) is 12.2 Å². The van der Waals surface area contributed by atoms with Gasteiger partial charge in [-0.25, -0.2) is 4.79 Å². The van der Waals surface area contributed by atoms with Crippen LogP contribution in [0.3, 0.4) is 0 Å². The van der Waals surface area contributed by atoms with E-state index in [1.54, 1.807) is 6.92 Å². The van der Waals surface area contributed by atoms with Crippen molar-refractivity contribution in [2.45, 2.75) is 25.6 Å². The van der Waals surface area contributed by atoms with Gasteiger partial charge in [0.2, 0.25) is 6.29 Å². The van der Waals surface area contributed by atoms with E-state index in [0.29, 0.717) is 5.57 Å². The van der Waals surface area contributed by atoms with Crippen LogP contribution >= 0.6 is 0 Å². The first-order valence-electron chi connectivity index (χ1n) is 3.36. The molecule has 0 amide bonds. The first-order chi connectivity index (χ1) is 5.18. The number of carbonyl (C=O) groups is 1. The van der Waals surface area contributed by atoms with Crippen LogP contribution in [0.2, 0.25) is 0 Å². The Bertz CT molecular complexity index is 222. The summed E-state index contributed by atoms with van der Waals surface area (Å²) < 4.78 is 14.6. The minimum atomic E-state index is -0.496. The monoisotopic (exact) mass is 156 g/mol. The molecule has 0 aromatic carbocycles. The molecule has 0 aromatic rings. The molecular weight excluding hydrogens is 148 g/mol. The summed E-state index contributed by atoms with van der Waals surface area (Å²) in [6.07, 6.45) is -0.625. The molecule has 3 atom stereocenters. The Hall–Kier alpha value is -0.870. The maximum atomic E-state index is 10.9. The third kappa shape index (κ3) is 1.04. The maximum absolute atomic E-state index is 10.9. The smallest absolute Gasteiger partial charge is 0.335 e. The zero-order valence-electron chi connectivity index (χ0n) is 6.07. The second-order valence-electron chi connectivity index (χ2n) is 2.66. The zero-order chi connectivity index (χ0) is 8.01. The zero-order valence-corrected chi connectivity index (χ0v) is 6.07. The van der Waals surface area contributed by atoms with Crippen LogP contribution in [0.1, 0.15) is 6.92 Å². The summed E-state index contributed by atoms with van der Waals surface area (Å²) >= 11 is 0. The van der Waals surface area contributed by atoms with Crippen molar-refractivity contribution >= 4 is 5.97 Å². The predicted molar refractivity (Wildman–Crippen MR) is 34.4 cm³/mol. The molecular formula is C7H8O4. The topological polar surface area (TPSA) is 48.1 Å². The molecule has 11 heavy (non-hydrogen) atoms. The van der Waals surface area contributed by atoms with Crippen LogP contribution in [-0.4, -0.2) is 24.7 Å². The fourth-order valence-corrected chi connectivity index (χ4v) is 0.832. The molecule has 4 nitrogen and oxygen atoms in total. The van der Waals surface area contributed by atoms with E-state index in [1.165, 1.54) is 0 Å². The third-order valence-corrected chi connectivity index (χ3v) is 1.59. The number of fused-ring (bicyclic) bond motifs is 1. The molecule has 0 radical (unpaired) electrons. The highest BCUT2D eigenvalue weighted by molar-refractivity contribution is 5.87. The van der Waals surface area contributed by atoms with Gasteiger partial charge in [-0.1, -0.05) is 6.58 Å². The number of esters is 1. The Morgan fingerprint density at radius 1 is 1.55 bits per heavy atom. The Labute approximate surface area is 63.7 Å². The molecule has 0 bridgehead atoms. The van der Waals surface area contributed by atoms with Gasteiger partial charge in [-0.2, -0.15) is 0 Å². The van der Waals surface area contributed by atoms with E-state index in [2.05, 4.69) is 6.58 Å². The molecule has 0 aromatic heterocycles. The highest BCUT2D eigenvalue weighted by Gasteiger charge is 2.61. The molecule has 0 saturated carbocycles. The van der Waals surface area contributed by atoms with Crippen molar-refractivity contribution in [1.29, 1.82) is 0 Å². The fourth-order valence-electron chi connectivity index (χ4n) is 0.832. The van der Waals surface area contributed by atoms with Gasteiger partial charge in [0.25, 0.3) is 0 Å². The number of epoxide rings is 1. The van der Waals surface area contributed by atoms with Crippen LogP contribution in [0.25, 0.3) is 0 Å². The summed E-state index contributed by atoms with van der Waals surface area (Å²) in [5.41, 5.74) is 0.373. The van der Waals surface area contributed by atoms with Crippen LogP contribution < -0.4 is 0 Å². The second-order valence-corrected chi connectivity index (χ2v) is 2.66. The SMILES string of the molecule is C=C(C)C(=O)OC1OC2OC12. The minimum Gasteiger partial charge on any atom is -0.429 e. The normalized spacial score (nSPS) is 38.5. The number of rotatable bonds is 2. The third-order valence-electron chi connectivity index (χ3n) is 1.59. The fraction of sp³-hybridized carbons (Fsp3) is 0.571. The highest BCUT2D eigenvalue weighted by atomic mass is 16.9. The lowest BCUT2D eigenvalue weighted by atomic mass is 10.3. The van der Waals surface area contributed by atoms with E-state index in [1.807, 2.05) is 0 Å². The highest BCUT2D eigenvalue weighted by Crippen LogP contribution is 2.40. The largest absolute Gasteiger partial charge is 0.429 e. The maximum Gasteiger partial charge on any atom is 0.335 e. The molecule has 4 heteroatoms. The van der Waals surface area contributed by atoms with Gasteiger partial charge in [0.15, 0.2) is 12.4 Å². The summed E-state index contributed by atoms with van der Waals surface area (Å²) in [5, 5.41) is 0. The van der Waals surface area contributed by atoms with E-state index < -0.39 is 12.3 Å². The molecule has 0 aliphatic carbocycles. The van der Waals surface area contributed by atoms with Gasteiger partial charge in [-0.15, -0.1) is 0 Å². The van der Waals surface area contributed by atoms with Crippen molar-refractivity contribution in [3.8, 4) is 0 Å². The molecule has 0 N–H and O–H groups in total. The van der Waals surface area contributed by atoms with E-state index >= 15 is 0 Å². The van der Waals surface area contributed by atoms with E-state index in [-0.39, 0.29) is 12.4 Å². The summed E-state index contributed by atoms with van der Waals surface area (Å²) in [6.45, 7) is 5.02. The quantitative estimate of drug-likeness (QED) is 0.325. The minimum absolute atomic E-state index is 0.0155. The van der Waals surface area contributed by atoms with Gasteiger partial charge in [0.1, 0.15) is 0 Å². The number of hydrogen-bond acceptors (Lipinski definition) is 4. The lowest BCUT2D eigenvalue weighted by molar-refractivity contribution is -0.204. The molecule has 0 spiro atoms. The van der Waals surface area contributed by atoms with Gasteiger partial charge in [-0.05, 0) is 6.92 Å². The summed E-state index contributed by atoms with van der Waals surface area (Å²) in [4.78, 5) is 10.9. The lowest BCUT2D eigenvalue weighted by Crippen LogP contribution is -2.37. The molecule has 2 saturated heterocycles. The van der Waals surface area contributed by atoms with Crippen molar-refractivity contribution in [2.75, 3.05) is 0 Å². The van der Waals surface area contributed by atoms with Crippen LogP contribution in [-0.2, 0) is 19.0 Å². The van der Waals surface area contributed by atoms with Crippen LogP contribution in [0.5, 0.6) is 0 Å². The molecule has 2 aliphatic heterocycles. The molecule has 2 rings (SSSR count). The number of carbonyl (C=O) groups excluding carboxylic acids is 1. The Kier molecular flexibility index (Phi) is 1.27. The second kappa shape index (κ2) is 2.06. The van der Waals surface area contributed by atoms with Crippen molar-refractivity contribution in [2.24, 2.45) is 0 Å². The van der Waals surface area contributed by atoms with Crippen molar-refractivity contribution < 1.29 is 19.0 Å². The van der Waals surface area contributed by atoms with E-state index in [0.717, 1.165) is 0 Å². The Morgan fingerprint density at radius 2 is 2.27 bits per heavy atom. The van der Waals surface area contributed by atoms with Gasteiger partial charge >= 0.3 is 5.97 Å². The summed E-state index contributed by atoms with van der Waals surface area (Å²) in [7, 11) is 0. The molecule has 2 heterocycles. The lowest BCUT2D eigenvalue weighted by Gasteiger charge is -2.20. The van der Waals surface area contributed by atoms with Gasteiger partial charge in [0, 0.05) is 5.57 Å². The standard InChI is InChI=1S/C7H8O4/c1-3(2)5(8)10-7-4-6(9-4)11-7/h4,6-7H,1H2,2H3. The van der Waals surface area contributed by atoms with Crippen LogP contribution in [0.15, 0.2) is 12.2 Å². The van der Waals surface area contributed by atoms with E-state index in [4.69, 9.17) is 14.2 Å². The number of hydrogen-bond donors (Lipinski definition) is 0. The van der Waals surface area contributed by atoms with Gasteiger partial charge in [-0.3, -0.25) is 0 Å². The van der Waals surface area contributed by atoms with Crippen LogP contribution in [0.4, 0.5) is 0 Å². The average molecular weight is 156 g/mol. The van der Waals surface area contributed by atoms with Crippen molar-refractivity contribution in [1.82, 2.24) is 0 Å². The van der Waals surface area contributed by atoms with Gasteiger partial charge < -0.3 is 14.2 Å². The molecule has 2 aliphatic rings. The first kappa shape index (κ1) is 6.82.